The maximum absolute atomic E-state index is 13.6. The van der Waals surface area contributed by atoms with Gasteiger partial charge in [-0.15, -0.1) is 0 Å². The third-order valence-corrected chi connectivity index (χ3v) is 4.65. The highest BCUT2D eigenvalue weighted by molar-refractivity contribution is 8.13. The van der Waals surface area contributed by atoms with Crippen molar-refractivity contribution in [2.24, 2.45) is 0 Å². The largest absolute Gasteiger partial charge is 0.336 e. The molecular weight excluding hydrogens is 347 g/mol. The van der Waals surface area contributed by atoms with Gasteiger partial charge in [-0.05, 0) is 26.8 Å². The molecule has 1 rings (SSSR count). The van der Waals surface area contributed by atoms with Crippen LogP contribution in [0.5, 0.6) is 0 Å². The van der Waals surface area contributed by atoms with E-state index in [1.807, 2.05) is 0 Å². The van der Waals surface area contributed by atoms with E-state index in [2.05, 4.69) is 0 Å². The molecule has 0 N–H and O–H groups in total. The third kappa shape index (κ3) is 3.64. The fraction of sp³-hybridized carbons (Fsp3) is 0.417. The first-order valence-electron chi connectivity index (χ1n) is 5.95. The van der Waals surface area contributed by atoms with Crippen molar-refractivity contribution in [1.82, 2.24) is 4.90 Å². The van der Waals surface area contributed by atoms with Crippen LogP contribution < -0.4 is 0 Å². The van der Waals surface area contributed by atoms with E-state index in [1.165, 1.54) is 4.90 Å². The normalized spacial score (nSPS) is 11.8. The summed E-state index contributed by atoms with van der Waals surface area (Å²) in [7, 11) is 0.409. The second-order valence-corrected chi connectivity index (χ2v) is 7.37. The van der Waals surface area contributed by atoms with E-state index in [1.54, 1.807) is 20.8 Å². The molecule has 0 aromatic heterocycles. The Morgan fingerprint density at radius 2 is 1.90 bits per heavy atom. The summed E-state index contributed by atoms with van der Waals surface area (Å²) in [5, 5.41) is -0.729. The van der Waals surface area contributed by atoms with Gasteiger partial charge in [-0.3, -0.25) is 4.79 Å². The van der Waals surface area contributed by atoms with Crippen molar-refractivity contribution in [3.8, 4) is 0 Å². The highest BCUT2D eigenvalue weighted by atomic mass is 35.7. The van der Waals surface area contributed by atoms with Crippen LogP contribution in [-0.4, -0.2) is 31.8 Å². The summed E-state index contributed by atoms with van der Waals surface area (Å²) in [6.07, 6.45) is 0. The molecule has 0 radical (unpaired) electrons. The first kappa shape index (κ1) is 18.1. The molecule has 0 spiro atoms. The Hall–Kier alpha value is -0.920. The summed E-state index contributed by atoms with van der Waals surface area (Å²) < 4.78 is 49.8. The summed E-state index contributed by atoms with van der Waals surface area (Å²) in [5.74, 6) is -3.93. The fourth-order valence-electron chi connectivity index (χ4n) is 1.85. The number of rotatable bonds is 4. The Morgan fingerprint density at radius 3 is 2.29 bits per heavy atom. The van der Waals surface area contributed by atoms with Crippen LogP contribution in [0.2, 0.25) is 5.02 Å². The van der Waals surface area contributed by atoms with Gasteiger partial charge in [0.15, 0.2) is 11.6 Å². The minimum absolute atomic E-state index is 0.234. The van der Waals surface area contributed by atoms with Gasteiger partial charge in [0.1, 0.15) is 4.90 Å². The van der Waals surface area contributed by atoms with Gasteiger partial charge in [0, 0.05) is 23.3 Å². The van der Waals surface area contributed by atoms with E-state index in [4.69, 9.17) is 22.3 Å². The fourth-order valence-corrected chi connectivity index (χ4v) is 3.56. The lowest BCUT2D eigenvalue weighted by molar-refractivity contribution is 0.0716. The molecule has 0 unspecified atom stereocenters. The topological polar surface area (TPSA) is 54.5 Å². The first-order chi connectivity index (χ1) is 9.52. The number of hydrogen-bond donors (Lipinski definition) is 0. The molecule has 0 saturated heterocycles. The molecule has 0 fully saturated rings. The van der Waals surface area contributed by atoms with Gasteiger partial charge in [-0.25, -0.2) is 17.2 Å². The Balaban J connectivity index is 3.60. The molecule has 1 amide bonds. The van der Waals surface area contributed by atoms with Crippen LogP contribution in [0, 0.1) is 11.6 Å². The van der Waals surface area contributed by atoms with Gasteiger partial charge in [-0.2, -0.15) is 0 Å². The van der Waals surface area contributed by atoms with Crippen LogP contribution in [0.3, 0.4) is 0 Å². The highest BCUT2D eigenvalue weighted by Gasteiger charge is 2.30. The van der Waals surface area contributed by atoms with Gasteiger partial charge < -0.3 is 4.90 Å². The monoisotopic (exact) mass is 359 g/mol. The summed E-state index contributed by atoms with van der Waals surface area (Å²) >= 11 is 5.75. The van der Waals surface area contributed by atoms with Crippen molar-refractivity contribution < 1.29 is 22.0 Å². The van der Waals surface area contributed by atoms with E-state index in [-0.39, 0.29) is 12.6 Å². The van der Waals surface area contributed by atoms with Crippen molar-refractivity contribution in [3.05, 3.63) is 28.3 Å². The van der Waals surface area contributed by atoms with Gasteiger partial charge in [0.25, 0.3) is 15.0 Å². The van der Waals surface area contributed by atoms with E-state index in [9.17, 15) is 22.0 Å². The lowest BCUT2D eigenvalue weighted by atomic mass is 10.1. The standard InChI is InChI=1S/C12H13Cl2F2NO3S/c1-4-17(6(2)3)12(18)7-5-8(15)10(16)11(9(7)13)21(14,19)20/h5-6H,4H2,1-3H3. The van der Waals surface area contributed by atoms with Crippen LogP contribution >= 0.6 is 22.3 Å². The van der Waals surface area contributed by atoms with Gasteiger partial charge in [-0.1, -0.05) is 11.6 Å². The maximum Gasteiger partial charge on any atom is 0.265 e. The number of benzene rings is 1. The molecule has 0 saturated carbocycles. The molecule has 0 aliphatic carbocycles. The average Bonchev–Trinajstić information content (AvgIpc) is 2.32. The number of carbonyl (C=O) groups excluding carboxylic acids is 1. The summed E-state index contributed by atoms with van der Waals surface area (Å²) in [6, 6.07) is 0.333. The zero-order chi connectivity index (χ0) is 16.5. The summed E-state index contributed by atoms with van der Waals surface area (Å²) in [6.45, 7) is 5.41. The number of hydrogen-bond acceptors (Lipinski definition) is 3. The SMILES string of the molecule is CCN(C(=O)c1cc(F)c(F)c(S(=O)(=O)Cl)c1Cl)C(C)C. The van der Waals surface area contributed by atoms with Crippen LogP contribution in [0.15, 0.2) is 11.0 Å². The molecule has 1 aromatic rings. The van der Waals surface area contributed by atoms with Gasteiger partial charge in [0.2, 0.25) is 0 Å². The Labute approximate surface area is 131 Å². The van der Waals surface area contributed by atoms with Crippen molar-refractivity contribution in [2.75, 3.05) is 6.54 Å². The van der Waals surface area contributed by atoms with Gasteiger partial charge in [0.05, 0.1) is 10.6 Å². The second kappa shape index (κ2) is 6.46. The summed E-state index contributed by atoms with van der Waals surface area (Å²) in [5.41, 5.74) is -0.453. The highest BCUT2D eigenvalue weighted by Crippen LogP contribution is 2.33. The second-order valence-electron chi connectivity index (χ2n) is 4.49. The Morgan fingerprint density at radius 1 is 1.38 bits per heavy atom. The molecule has 4 nitrogen and oxygen atoms in total. The van der Waals surface area contributed by atoms with Crippen molar-refractivity contribution in [1.29, 1.82) is 0 Å². The van der Waals surface area contributed by atoms with E-state index < -0.39 is 42.1 Å². The van der Waals surface area contributed by atoms with E-state index in [0.717, 1.165) is 0 Å². The van der Waals surface area contributed by atoms with E-state index >= 15 is 0 Å². The van der Waals surface area contributed by atoms with Crippen LogP contribution in [0.1, 0.15) is 31.1 Å². The summed E-state index contributed by atoms with van der Waals surface area (Å²) in [4.78, 5) is 12.4. The molecule has 0 aliphatic rings. The van der Waals surface area contributed by atoms with Crippen molar-refractivity contribution >= 4 is 37.2 Å². The predicted molar refractivity (Wildman–Crippen MR) is 76.3 cm³/mol. The molecule has 0 atom stereocenters. The van der Waals surface area contributed by atoms with Crippen molar-refractivity contribution in [3.63, 3.8) is 0 Å². The predicted octanol–water partition coefficient (Wildman–Crippen LogP) is 3.42. The smallest absolute Gasteiger partial charge is 0.265 e. The number of carbonyl (C=O) groups is 1. The number of halogens is 4. The quantitative estimate of drug-likeness (QED) is 0.611. The molecule has 0 bridgehead atoms. The number of amides is 1. The Bertz CT molecular complexity index is 678. The average molecular weight is 360 g/mol. The zero-order valence-electron chi connectivity index (χ0n) is 11.5. The molecular formula is C12H13Cl2F2NO3S. The molecule has 118 valence electrons. The van der Waals surface area contributed by atoms with Gasteiger partial charge >= 0.3 is 0 Å². The lowest BCUT2D eigenvalue weighted by Gasteiger charge is -2.26. The van der Waals surface area contributed by atoms with E-state index in [0.29, 0.717) is 6.07 Å². The lowest BCUT2D eigenvalue weighted by Crippen LogP contribution is -2.37. The van der Waals surface area contributed by atoms with Crippen LogP contribution in [0.4, 0.5) is 8.78 Å². The first-order valence-corrected chi connectivity index (χ1v) is 8.64. The van der Waals surface area contributed by atoms with Crippen LogP contribution in [0.25, 0.3) is 0 Å². The zero-order valence-corrected chi connectivity index (χ0v) is 13.8. The molecule has 1 aromatic carbocycles. The number of nitrogens with zero attached hydrogens (tertiary/aromatic N) is 1. The van der Waals surface area contributed by atoms with Crippen LogP contribution in [-0.2, 0) is 9.05 Å². The minimum Gasteiger partial charge on any atom is -0.336 e. The minimum atomic E-state index is -4.64. The maximum atomic E-state index is 13.6. The molecule has 21 heavy (non-hydrogen) atoms. The third-order valence-electron chi connectivity index (χ3n) is 2.82. The molecule has 0 aliphatic heterocycles. The molecule has 0 heterocycles. The van der Waals surface area contributed by atoms with Crippen molar-refractivity contribution in [2.45, 2.75) is 31.7 Å². The Kier molecular flexibility index (Phi) is 5.57. The molecule has 9 heteroatoms.